The molecule has 0 saturated heterocycles. The molecular weight excluding hydrogens is 437 g/mol. The Morgan fingerprint density at radius 3 is 2.94 bits per heavy atom. The Morgan fingerprint density at radius 2 is 2.24 bits per heavy atom. The van der Waals surface area contributed by atoms with E-state index in [0.29, 0.717) is 24.5 Å². The third kappa shape index (κ3) is 5.18. The van der Waals surface area contributed by atoms with E-state index in [-0.39, 0.29) is 30.0 Å². The minimum atomic E-state index is -0.863. The van der Waals surface area contributed by atoms with E-state index in [4.69, 9.17) is 9.84 Å². The molecule has 2 heterocycles. The average Bonchev–Trinajstić information content (AvgIpc) is 3.24. The van der Waals surface area contributed by atoms with Crippen LogP contribution in [0.5, 0.6) is 5.75 Å². The van der Waals surface area contributed by atoms with Crippen LogP contribution in [0.3, 0.4) is 0 Å². The van der Waals surface area contributed by atoms with Gasteiger partial charge in [0.05, 0.1) is 36.5 Å². The first-order chi connectivity index (χ1) is 16.3. The highest BCUT2D eigenvalue weighted by Gasteiger charge is 2.31. The van der Waals surface area contributed by atoms with Crippen molar-refractivity contribution >= 4 is 11.7 Å². The van der Waals surface area contributed by atoms with Gasteiger partial charge in [0.25, 0.3) is 0 Å². The van der Waals surface area contributed by atoms with E-state index >= 15 is 0 Å². The summed E-state index contributed by atoms with van der Waals surface area (Å²) in [5.41, 5.74) is 3.31. The van der Waals surface area contributed by atoms with Gasteiger partial charge in [-0.1, -0.05) is 31.2 Å². The molecule has 3 aromatic rings. The summed E-state index contributed by atoms with van der Waals surface area (Å²) in [6.45, 7) is 3.08. The van der Waals surface area contributed by atoms with E-state index in [1.54, 1.807) is 10.9 Å². The Balaban J connectivity index is 1.54. The molecular formula is C25H26FN5O3. The molecule has 1 aromatic heterocycles. The van der Waals surface area contributed by atoms with Crippen LogP contribution in [0.2, 0.25) is 0 Å². The van der Waals surface area contributed by atoms with Crippen LogP contribution in [0.1, 0.15) is 41.1 Å². The number of carboxylic acid groups (broad SMARTS) is 1. The number of benzene rings is 2. The van der Waals surface area contributed by atoms with Gasteiger partial charge in [0.1, 0.15) is 18.0 Å². The molecule has 0 aliphatic carbocycles. The second-order valence-electron chi connectivity index (χ2n) is 8.53. The van der Waals surface area contributed by atoms with Crippen molar-refractivity contribution in [3.05, 3.63) is 76.9 Å². The number of nitrogens with zero attached hydrogens (tertiary/aromatic N) is 3. The zero-order chi connectivity index (χ0) is 24.2. The third-order valence-corrected chi connectivity index (χ3v) is 5.91. The van der Waals surface area contributed by atoms with E-state index in [1.807, 2.05) is 43.6 Å². The Kier molecular flexibility index (Phi) is 6.80. The first-order valence-electron chi connectivity index (χ1n) is 11.0. The molecule has 0 amide bonds. The van der Waals surface area contributed by atoms with Gasteiger partial charge in [-0.15, -0.1) is 0 Å². The molecule has 0 radical (unpaired) electrons. The molecule has 1 unspecified atom stereocenters. The lowest BCUT2D eigenvalue weighted by Crippen LogP contribution is -2.43. The van der Waals surface area contributed by atoms with Crippen LogP contribution in [0.25, 0.3) is 0 Å². The van der Waals surface area contributed by atoms with Crippen molar-refractivity contribution in [2.24, 2.45) is 7.05 Å². The molecule has 3 atom stereocenters. The van der Waals surface area contributed by atoms with Crippen molar-refractivity contribution in [1.82, 2.24) is 15.1 Å². The molecule has 8 nitrogen and oxygen atoms in total. The Morgan fingerprint density at radius 1 is 1.41 bits per heavy atom. The molecule has 176 valence electrons. The summed E-state index contributed by atoms with van der Waals surface area (Å²) in [7, 11) is 1.84. The fraction of sp³-hybridized carbons (Fsp3) is 0.320. The van der Waals surface area contributed by atoms with Crippen molar-refractivity contribution in [2.45, 2.75) is 31.4 Å². The standard InChI is InChI=1S/C25H26FN5O3/c1-15(17-5-3-4-16(6-17)7-23(32)33)11-29-24(19-12-30-31(2)14-19)22-13-28-21-9-20(26)8-18(10-27)25(21)34-22/h3-6,8-9,12,14-15,22,24,28-29H,7,11,13H2,1-2H3,(H,32,33)/t15?,22-,24-/m1/s1. The number of rotatable bonds is 8. The first-order valence-corrected chi connectivity index (χ1v) is 11.0. The monoisotopic (exact) mass is 463 g/mol. The van der Waals surface area contributed by atoms with Gasteiger partial charge in [0, 0.05) is 31.4 Å². The molecule has 3 N–H and O–H groups in total. The number of aliphatic carboxylic acids is 1. The Hall–Kier alpha value is -3.90. The summed E-state index contributed by atoms with van der Waals surface area (Å²) in [5, 5.41) is 29.6. The van der Waals surface area contributed by atoms with E-state index in [9.17, 15) is 14.4 Å². The molecule has 9 heteroatoms. The van der Waals surface area contributed by atoms with Gasteiger partial charge in [0.2, 0.25) is 0 Å². The lowest BCUT2D eigenvalue weighted by atomic mass is 9.96. The SMILES string of the molecule is CC(CN[C@H](c1cnn(C)c1)[C@H]1CNc2cc(F)cc(C#N)c2O1)c1cccc(CC(=O)O)c1. The number of nitrogens with one attached hydrogen (secondary N) is 2. The molecule has 2 aromatic carbocycles. The van der Waals surface area contributed by atoms with Crippen LogP contribution in [0, 0.1) is 17.1 Å². The van der Waals surface area contributed by atoms with Gasteiger partial charge in [-0.3, -0.25) is 9.48 Å². The van der Waals surface area contributed by atoms with Crippen LogP contribution >= 0.6 is 0 Å². The maximum Gasteiger partial charge on any atom is 0.307 e. The highest BCUT2D eigenvalue weighted by molar-refractivity contribution is 5.70. The van der Waals surface area contributed by atoms with E-state index in [2.05, 4.69) is 22.7 Å². The normalized spacial score (nSPS) is 16.5. The molecule has 1 aliphatic heterocycles. The summed E-state index contributed by atoms with van der Waals surface area (Å²) in [6.07, 6.45) is 3.28. The lowest BCUT2D eigenvalue weighted by molar-refractivity contribution is -0.136. The maximum absolute atomic E-state index is 13.8. The number of aromatic nitrogens is 2. The third-order valence-electron chi connectivity index (χ3n) is 5.91. The van der Waals surface area contributed by atoms with Crippen LogP contribution in [0.15, 0.2) is 48.8 Å². The summed E-state index contributed by atoms with van der Waals surface area (Å²) in [4.78, 5) is 11.1. The molecule has 1 aliphatic rings. The Labute approximate surface area is 197 Å². The maximum atomic E-state index is 13.8. The fourth-order valence-corrected chi connectivity index (χ4v) is 4.19. The van der Waals surface area contributed by atoms with Crippen LogP contribution < -0.4 is 15.4 Å². The van der Waals surface area contributed by atoms with Gasteiger partial charge in [0.15, 0.2) is 5.75 Å². The summed E-state index contributed by atoms with van der Waals surface area (Å²) in [6, 6.07) is 11.8. The van der Waals surface area contributed by atoms with Crippen molar-refractivity contribution in [1.29, 1.82) is 5.26 Å². The molecule has 0 bridgehead atoms. The molecule has 0 saturated carbocycles. The number of carboxylic acids is 1. The highest BCUT2D eigenvalue weighted by Crippen LogP contribution is 2.36. The number of halogens is 1. The van der Waals surface area contributed by atoms with Crippen molar-refractivity contribution in [3.8, 4) is 11.8 Å². The molecule has 34 heavy (non-hydrogen) atoms. The van der Waals surface area contributed by atoms with Crippen molar-refractivity contribution in [3.63, 3.8) is 0 Å². The first kappa shape index (κ1) is 23.3. The fourth-order valence-electron chi connectivity index (χ4n) is 4.19. The van der Waals surface area contributed by atoms with Crippen LogP contribution in [-0.4, -0.2) is 40.0 Å². The summed E-state index contributed by atoms with van der Waals surface area (Å²) in [5.74, 6) is -0.921. The van der Waals surface area contributed by atoms with Gasteiger partial charge in [-0.05, 0) is 23.1 Å². The average molecular weight is 464 g/mol. The minimum absolute atomic E-state index is 0.0187. The quantitative estimate of drug-likeness (QED) is 0.470. The number of carbonyl (C=O) groups is 1. The van der Waals surface area contributed by atoms with E-state index in [1.165, 1.54) is 12.1 Å². The number of fused-ring (bicyclic) bond motifs is 1. The van der Waals surface area contributed by atoms with Gasteiger partial charge in [-0.2, -0.15) is 10.4 Å². The number of hydrogen-bond acceptors (Lipinski definition) is 6. The van der Waals surface area contributed by atoms with E-state index < -0.39 is 11.8 Å². The highest BCUT2D eigenvalue weighted by atomic mass is 19.1. The van der Waals surface area contributed by atoms with E-state index in [0.717, 1.165) is 16.7 Å². The van der Waals surface area contributed by atoms with Crippen LogP contribution in [0.4, 0.5) is 10.1 Å². The number of nitriles is 1. The Bertz CT molecular complexity index is 1240. The van der Waals surface area contributed by atoms with Gasteiger partial charge >= 0.3 is 5.97 Å². The molecule has 0 fully saturated rings. The number of ether oxygens (including phenoxy) is 1. The van der Waals surface area contributed by atoms with Gasteiger partial charge < -0.3 is 20.5 Å². The predicted octanol–water partition coefficient (Wildman–Crippen LogP) is 3.37. The number of hydrogen-bond donors (Lipinski definition) is 3. The zero-order valence-electron chi connectivity index (χ0n) is 19.0. The van der Waals surface area contributed by atoms with Crippen LogP contribution in [-0.2, 0) is 18.3 Å². The molecule has 0 spiro atoms. The zero-order valence-corrected chi connectivity index (χ0v) is 19.0. The molecule has 4 rings (SSSR count). The predicted molar refractivity (Wildman–Crippen MR) is 124 cm³/mol. The second kappa shape index (κ2) is 9.93. The van der Waals surface area contributed by atoms with Gasteiger partial charge in [-0.25, -0.2) is 4.39 Å². The lowest BCUT2D eigenvalue weighted by Gasteiger charge is -2.34. The van der Waals surface area contributed by atoms with Crippen molar-refractivity contribution < 1.29 is 19.0 Å². The number of anilines is 1. The number of aryl methyl sites for hydroxylation is 1. The second-order valence-corrected chi connectivity index (χ2v) is 8.53. The van der Waals surface area contributed by atoms with Crippen molar-refractivity contribution in [2.75, 3.05) is 18.4 Å². The summed E-state index contributed by atoms with van der Waals surface area (Å²) < 4.78 is 21.8. The minimum Gasteiger partial charge on any atom is -0.483 e. The smallest absolute Gasteiger partial charge is 0.307 e. The summed E-state index contributed by atoms with van der Waals surface area (Å²) >= 11 is 0. The largest absolute Gasteiger partial charge is 0.483 e. The topological polar surface area (TPSA) is 112 Å².